The van der Waals surface area contributed by atoms with Gasteiger partial charge < -0.3 is 5.32 Å². The molecule has 1 aromatic carbocycles. The molecule has 1 aliphatic heterocycles. The SMILES string of the molecule is CNS(=O)(=O)c1ccccc1NC1CC(=O)N(C)C1=O. The molecule has 0 saturated carbocycles. The predicted octanol–water partition coefficient (Wildman–Crippen LogP) is -0.236. The summed E-state index contributed by atoms with van der Waals surface area (Å²) >= 11 is 0. The first-order valence-electron chi connectivity index (χ1n) is 5.96. The number of hydrogen-bond acceptors (Lipinski definition) is 5. The number of likely N-dealkylation sites (tertiary alicyclic amines) is 1. The largest absolute Gasteiger partial charge is 0.372 e. The van der Waals surface area contributed by atoms with Crippen LogP contribution in [0.4, 0.5) is 5.69 Å². The van der Waals surface area contributed by atoms with Crippen LogP contribution in [0.5, 0.6) is 0 Å². The monoisotopic (exact) mass is 297 g/mol. The molecule has 8 heteroatoms. The van der Waals surface area contributed by atoms with Gasteiger partial charge >= 0.3 is 0 Å². The summed E-state index contributed by atoms with van der Waals surface area (Å²) in [4.78, 5) is 24.4. The Balaban J connectivity index is 2.32. The fourth-order valence-electron chi connectivity index (χ4n) is 1.99. The normalized spacial score (nSPS) is 19.5. The number of likely N-dealkylation sites (N-methyl/N-ethyl adjacent to an activating group) is 1. The Morgan fingerprint density at radius 2 is 1.90 bits per heavy atom. The van der Waals surface area contributed by atoms with Crippen LogP contribution in [0.25, 0.3) is 0 Å². The Morgan fingerprint density at radius 1 is 1.25 bits per heavy atom. The Labute approximate surface area is 117 Å². The number of para-hydroxylation sites is 1. The minimum atomic E-state index is -3.64. The van der Waals surface area contributed by atoms with E-state index in [0.29, 0.717) is 5.69 Å². The first kappa shape index (κ1) is 14.5. The van der Waals surface area contributed by atoms with Crippen molar-refractivity contribution >= 4 is 27.5 Å². The topological polar surface area (TPSA) is 95.6 Å². The molecule has 0 spiro atoms. The average molecular weight is 297 g/mol. The van der Waals surface area contributed by atoms with Gasteiger partial charge in [0.05, 0.1) is 12.1 Å². The fourth-order valence-corrected chi connectivity index (χ4v) is 2.88. The number of carbonyl (C=O) groups is 2. The van der Waals surface area contributed by atoms with Crippen LogP contribution in [0.3, 0.4) is 0 Å². The molecular formula is C12H15N3O4S. The molecule has 108 valence electrons. The zero-order valence-corrected chi connectivity index (χ0v) is 11.9. The van der Waals surface area contributed by atoms with E-state index in [2.05, 4.69) is 10.0 Å². The summed E-state index contributed by atoms with van der Waals surface area (Å²) in [5, 5.41) is 2.83. The first-order valence-corrected chi connectivity index (χ1v) is 7.44. The molecule has 0 aliphatic carbocycles. The summed E-state index contributed by atoms with van der Waals surface area (Å²) in [5.41, 5.74) is 0.295. The average Bonchev–Trinajstić information content (AvgIpc) is 2.67. The van der Waals surface area contributed by atoms with E-state index < -0.39 is 16.1 Å². The summed E-state index contributed by atoms with van der Waals surface area (Å²) in [7, 11) is -0.922. The number of hydrogen-bond donors (Lipinski definition) is 2. The molecule has 2 amide bonds. The molecule has 1 unspecified atom stereocenters. The van der Waals surface area contributed by atoms with Crippen LogP contribution < -0.4 is 10.0 Å². The molecule has 1 saturated heterocycles. The molecule has 20 heavy (non-hydrogen) atoms. The summed E-state index contributed by atoms with van der Waals surface area (Å²) in [6.45, 7) is 0. The van der Waals surface area contributed by atoms with Gasteiger partial charge in [-0.25, -0.2) is 13.1 Å². The first-order chi connectivity index (χ1) is 9.36. The van der Waals surface area contributed by atoms with Gasteiger partial charge in [-0.1, -0.05) is 12.1 Å². The van der Waals surface area contributed by atoms with E-state index >= 15 is 0 Å². The molecule has 1 aliphatic rings. The number of imide groups is 1. The van der Waals surface area contributed by atoms with Gasteiger partial charge in [-0.3, -0.25) is 14.5 Å². The maximum Gasteiger partial charge on any atom is 0.251 e. The quantitative estimate of drug-likeness (QED) is 0.748. The molecule has 2 rings (SSSR count). The van der Waals surface area contributed by atoms with Crippen molar-refractivity contribution in [2.75, 3.05) is 19.4 Å². The zero-order valence-electron chi connectivity index (χ0n) is 11.1. The van der Waals surface area contributed by atoms with Crippen LogP contribution >= 0.6 is 0 Å². The maximum absolute atomic E-state index is 11.9. The van der Waals surface area contributed by atoms with Gasteiger partial charge in [-0.2, -0.15) is 0 Å². The van der Waals surface area contributed by atoms with Crippen molar-refractivity contribution < 1.29 is 18.0 Å². The second-order valence-electron chi connectivity index (χ2n) is 4.40. The highest BCUT2D eigenvalue weighted by Gasteiger charge is 2.36. The van der Waals surface area contributed by atoms with Gasteiger partial charge in [0, 0.05) is 7.05 Å². The van der Waals surface area contributed by atoms with Crippen molar-refractivity contribution in [3.63, 3.8) is 0 Å². The number of rotatable bonds is 4. The van der Waals surface area contributed by atoms with Crippen LogP contribution in [0, 0.1) is 0 Å². The standard InChI is InChI=1S/C12H15N3O4S/c1-13-20(18,19)10-6-4-3-5-8(10)14-9-7-11(16)15(2)12(9)17/h3-6,9,13-14H,7H2,1-2H3. The Morgan fingerprint density at radius 3 is 2.45 bits per heavy atom. The molecule has 7 nitrogen and oxygen atoms in total. The fraction of sp³-hybridized carbons (Fsp3) is 0.333. The third-order valence-corrected chi connectivity index (χ3v) is 4.63. The number of benzene rings is 1. The van der Waals surface area contributed by atoms with Crippen LogP contribution in [0.2, 0.25) is 0 Å². The third kappa shape index (κ3) is 2.52. The number of amides is 2. The second-order valence-corrected chi connectivity index (χ2v) is 6.25. The van der Waals surface area contributed by atoms with E-state index in [1.54, 1.807) is 18.2 Å². The van der Waals surface area contributed by atoms with E-state index in [1.807, 2.05) is 0 Å². The van der Waals surface area contributed by atoms with Gasteiger partial charge in [-0.05, 0) is 19.2 Å². The van der Waals surface area contributed by atoms with Crippen molar-refractivity contribution in [2.45, 2.75) is 17.4 Å². The van der Waals surface area contributed by atoms with Gasteiger partial charge in [0.2, 0.25) is 15.9 Å². The van der Waals surface area contributed by atoms with Crippen LogP contribution in [-0.4, -0.2) is 45.3 Å². The Hall–Kier alpha value is -1.93. The number of nitrogens with zero attached hydrogens (tertiary/aromatic N) is 1. The van der Waals surface area contributed by atoms with E-state index in [-0.39, 0.29) is 23.1 Å². The molecule has 1 heterocycles. The highest BCUT2D eigenvalue weighted by molar-refractivity contribution is 7.89. The van der Waals surface area contributed by atoms with E-state index in [4.69, 9.17) is 0 Å². The Bertz CT molecular complexity index is 656. The number of carbonyl (C=O) groups excluding carboxylic acids is 2. The molecule has 0 aromatic heterocycles. The van der Waals surface area contributed by atoms with Gasteiger partial charge in [0.15, 0.2) is 0 Å². The smallest absolute Gasteiger partial charge is 0.251 e. The summed E-state index contributed by atoms with van der Waals surface area (Å²) in [6.07, 6.45) is 0.0171. The number of anilines is 1. The molecule has 1 aromatic rings. The molecule has 1 atom stereocenters. The van der Waals surface area contributed by atoms with Crippen LogP contribution in [0.1, 0.15) is 6.42 Å². The second kappa shape index (κ2) is 5.22. The van der Waals surface area contributed by atoms with E-state index in [9.17, 15) is 18.0 Å². The lowest BCUT2D eigenvalue weighted by Crippen LogP contribution is -2.32. The van der Waals surface area contributed by atoms with Crippen molar-refractivity contribution in [3.05, 3.63) is 24.3 Å². The van der Waals surface area contributed by atoms with Gasteiger partial charge in [0.1, 0.15) is 10.9 Å². The van der Waals surface area contributed by atoms with Gasteiger partial charge in [-0.15, -0.1) is 0 Å². The lowest BCUT2D eigenvalue weighted by molar-refractivity contribution is -0.136. The summed E-state index contributed by atoms with van der Waals surface area (Å²) in [5.74, 6) is -0.659. The van der Waals surface area contributed by atoms with Crippen LogP contribution in [-0.2, 0) is 19.6 Å². The predicted molar refractivity (Wildman–Crippen MR) is 72.5 cm³/mol. The highest BCUT2D eigenvalue weighted by Crippen LogP contribution is 2.24. The number of sulfonamides is 1. The maximum atomic E-state index is 11.9. The molecule has 1 fully saturated rings. The molecule has 0 bridgehead atoms. The molecule has 2 N–H and O–H groups in total. The minimum absolute atomic E-state index is 0.0171. The minimum Gasteiger partial charge on any atom is -0.372 e. The highest BCUT2D eigenvalue weighted by atomic mass is 32.2. The summed E-state index contributed by atoms with van der Waals surface area (Å²) < 4.78 is 26.0. The molecular weight excluding hydrogens is 282 g/mol. The van der Waals surface area contributed by atoms with Crippen LogP contribution in [0.15, 0.2) is 29.2 Å². The van der Waals surface area contributed by atoms with E-state index in [1.165, 1.54) is 20.2 Å². The molecule has 0 radical (unpaired) electrons. The van der Waals surface area contributed by atoms with Crippen molar-refractivity contribution in [3.8, 4) is 0 Å². The third-order valence-electron chi connectivity index (χ3n) is 3.16. The Kier molecular flexibility index (Phi) is 3.78. The van der Waals surface area contributed by atoms with E-state index in [0.717, 1.165) is 4.90 Å². The van der Waals surface area contributed by atoms with Crippen molar-refractivity contribution in [1.29, 1.82) is 0 Å². The van der Waals surface area contributed by atoms with Crippen molar-refractivity contribution in [1.82, 2.24) is 9.62 Å². The zero-order chi connectivity index (χ0) is 14.9. The lowest BCUT2D eigenvalue weighted by Gasteiger charge is -2.15. The summed E-state index contributed by atoms with van der Waals surface area (Å²) in [6, 6.07) is 5.49. The lowest BCUT2D eigenvalue weighted by atomic mass is 10.2. The van der Waals surface area contributed by atoms with Crippen molar-refractivity contribution in [2.24, 2.45) is 0 Å². The van der Waals surface area contributed by atoms with Gasteiger partial charge in [0.25, 0.3) is 5.91 Å². The number of nitrogens with one attached hydrogen (secondary N) is 2.